The minimum absolute atomic E-state index is 0.0801. The van der Waals surface area contributed by atoms with Crippen molar-refractivity contribution in [2.45, 2.75) is 25.3 Å². The summed E-state index contributed by atoms with van der Waals surface area (Å²) in [5.74, 6) is -2.63. The first-order valence-electron chi connectivity index (χ1n) is 5.92. The van der Waals surface area contributed by atoms with E-state index in [1.54, 1.807) is 24.3 Å². The van der Waals surface area contributed by atoms with E-state index in [1.807, 2.05) is 22.6 Å². The topological polar surface area (TPSA) is 104 Å². The van der Waals surface area contributed by atoms with Gasteiger partial charge in [0.2, 0.25) is 0 Å². The number of halogens is 1. The molecule has 1 atom stereocenters. The molecule has 1 amide bonds. The molecule has 0 saturated heterocycles. The van der Waals surface area contributed by atoms with Gasteiger partial charge in [0.1, 0.15) is 6.04 Å². The van der Waals surface area contributed by atoms with Gasteiger partial charge in [-0.2, -0.15) is 0 Å². The number of carboxylic acid groups (broad SMARTS) is 2. The number of benzene rings is 1. The molecule has 0 aliphatic rings. The van der Waals surface area contributed by atoms with Gasteiger partial charge in [-0.25, -0.2) is 4.79 Å². The summed E-state index contributed by atoms with van der Waals surface area (Å²) in [6, 6.07) is 5.73. The maximum absolute atomic E-state index is 12.0. The number of hydrogen-bond donors (Lipinski definition) is 3. The number of carbonyl (C=O) groups is 3. The van der Waals surface area contributed by atoms with Crippen LogP contribution in [0.5, 0.6) is 0 Å². The highest BCUT2D eigenvalue weighted by atomic mass is 127. The monoisotopic (exact) mass is 391 g/mol. The fourth-order valence-corrected chi connectivity index (χ4v) is 2.23. The van der Waals surface area contributed by atoms with Gasteiger partial charge in [-0.15, -0.1) is 0 Å². The number of nitrogens with one attached hydrogen (secondary N) is 1. The molecule has 1 rings (SSSR count). The molecule has 0 fully saturated rings. The van der Waals surface area contributed by atoms with Gasteiger partial charge < -0.3 is 15.5 Å². The van der Waals surface area contributed by atoms with Crippen LogP contribution < -0.4 is 5.32 Å². The Kier molecular flexibility index (Phi) is 6.43. The third kappa shape index (κ3) is 5.16. The van der Waals surface area contributed by atoms with Gasteiger partial charge in [0, 0.05) is 9.99 Å². The Bertz CT molecular complexity index is 517. The van der Waals surface area contributed by atoms with E-state index in [9.17, 15) is 14.4 Å². The van der Waals surface area contributed by atoms with E-state index in [2.05, 4.69) is 5.32 Å². The van der Waals surface area contributed by atoms with E-state index in [4.69, 9.17) is 10.2 Å². The fraction of sp³-hybridized carbons (Fsp3) is 0.308. The Morgan fingerprint density at radius 1 is 1.20 bits per heavy atom. The molecular formula is C13H14INO5. The third-order valence-corrected chi connectivity index (χ3v) is 3.55. The Balaban J connectivity index is 2.66. The standard InChI is InChI=1S/C13H14INO5/c14-9-5-2-1-4-8(9)12(18)15-10(13(19)20)6-3-7-11(16)17/h1-2,4-5,10H,3,6-7H2,(H,15,18)(H,16,17)(H,19,20)/t10-/m1/s1. The first-order chi connectivity index (χ1) is 9.41. The van der Waals surface area contributed by atoms with Crippen molar-refractivity contribution in [3.05, 3.63) is 33.4 Å². The SMILES string of the molecule is O=C(O)CCC[C@@H](NC(=O)c1ccccc1I)C(=O)O. The van der Waals surface area contributed by atoms with E-state index in [0.29, 0.717) is 5.56 Å². The maximum Gasteiger partial charge on any atom is 0.326 e. The lowest BCUT2D eigenvalue weighted by Crippen LogP contribution is -2.41. The van der Waals surface area contributed by atoms with Crippen molar-refractivity contribution in [2.24, 2.45) is 0 Å². The predicted octanol–water partition coefficient (Wildman–Crippen LogP) is 1.73. The molecule has 20 heavy (non-hydrogen) atoms. The lowest BCUT2D eigenvalue weighted by molar-refractivity contribution is -0.140. The zero-order valence-electron chi connectivity index (χ0n) is 10.5. The number of carbonyl (C=O) groups excluding carboxylic acids is 1. The average molecular weight is 391 g/mol. The molecule has 0 spiro atoms. The summed E-state index contributed by atoms with van der Waals surface area (Å²) in [7, 11) is 0. The van der Waals surface area contributed by atoms with E-state index in [1.165, 1.54) is 0 Å². The van der Waals surface area contributed by atoms with Crippen LogP contribution in [0, 0.1) is 3.57 Å². The minimum Gasteiger partial charge on any atom is -0.481 e. The van der Waals surface area contributed by atoms with Gasteiger partial charge in [-0.3, -0.25) is 9.59 Å². The zero-order valence-corrected chi connectivity index (χ0v) is 12.7. The quantitative estimate of drug-likeness (QED) is 0.615. The van der Waals surface area contributed by atoms with Crippen LogP contribution >= 0.6 is 22.6 Å². The summed E-state index contributed by atoms with van der Waals surface area (Å²) >= 11 is 1.99. The third-order valence-electron chi connectivity index (χ3n) is 2.61. The maximum atomic E-state index is 12.0. The molecule has 6 nitrogen and oxygen atoms in total. The molecule has 108 valence electrons. The van der Waals surface area contributed by atoms with Crippen LogP contribution in [0.15, 0.2) is 24.3 Å². The fourth-order valence-electron chi connectivity index (χ4n) is 1.60. The summed E-state index contributed by atoms with van der Waals surface area (Å²) < 4.78 is 0.720. The molecule has 0 saturated carbocycles. The highest BCUT2D eigenvalue weighted by Gasteiger charge is 2.21. The van der Waals surface area contributed by atoms with Gasteiger partial charge >= 0.3 is 11.9 Å². The van der Waals surface area contributed by atoms with Gasteiger partial charge in [0.05, 0.1) is 5.56 Å². The van der Waals surface area contributed by atoms with E-state index < -0.39 is 23.9 Å². The van der Waals surface area contributed by atoms with Crippen LogP contribution in [-0.4, -0.2) is 34.1 Å². The minimum atomic E-state index is -1.17. The summed E-state index contributed by atoms with van der Waals surface area (Å²) in [5.41, 5.74) is 0.401. The normalized spacial score (nSPS) is 11.7. The van der Waals surface area contributed by atoms with Gasteiger partial charge in [-0.1, -0.05) is 12.1 Å². The largest absolute Gasteiger partial charge is 0.481 e. The van der Waals surface area contributed by atoms with Crippen molar-refractivity contribution in [1.29, 1.82) is 0 Å². The molecule has 0 aliphatic heterocycles. The molecule has 0 heterocycles. The van der Waals surface area contributed by atoms with Gasteiger partial charge in [0.25, 0.3) is 5.91 Å². The first kappa shape index (κ1) is 16.4. The molecular weight excluding hydrogens is 377 g/mol. The Labute approximate surface area is 129 Å². The van der Waals surface area contributed by atoms with Crippen LogP contribution in [0.25, 0.3) is 0 Å². The van der Waals surface area contributed by atoms with Gasteiger partial charge in [-0.05, 0) is 47.6 Å². The van der Waals surface area contributed by atoms with Crippen molar-refractivity contribution in [2.75, 3.05) is 0 Å². The molecule has 0 aliphatic carbocycles. The summed E-state index contributed by atoms with van der Waals surface area (Å²) in [6.45, 7) is 0. The molecule has 0 aromatic heterocycles. The average Bonchev–Trinajstić information content (AvgIpc) is 2.37. The Hall–Kier alpha value is -1.64. The first-order valence-corrected chi connectivity index (χ1v) is 6.99. The van der Waals surface area contributed by atoms with E-state index >= 15 is 0 Å². The molecule has 0 radical (unpaired) electrons. The smallest absolute Gasteiger partial charge is 0.326 e. The van der Waals surface area contributed by atoms with Crippen LogP contribution in [0.1, 0.15) is 29.6 Å². The summed E-state index contributed by atoms with van der Waals surface area (Å²) in [6.07, 6.45) is 0.151. The second kappa shape index (κ2) is 7.83. The number of carboxylic acids is 2. The molecule has 3 N–H and O–H groups in total. The van der Waals surface area contributed by atoms with Crippen LogP contribution in [0.3, 0.4) is 0 Å². The van der Waals surface area contributed by atoms with Crippen molar-refractivity contribution in [3.63, 3.8) is 0 Å². The van der Waals surface area contributed by atoms with Crippen LogP contribution in [-0.2, 0) is 9.59 Å². The zero-order chi connectivity index (χ0) is 15.1. The number of rotatable bonds is 7. The highest BCUT2D eigenvalue weighted by Crippen LogP contribution is 2.12. The lowest BCUT2D eigenvalue weighted by atomic mass is 10.1. The summed E-state index contributed by atoms with van der Waals surface area (Å²) in [4.78, 5) is 33.4. The highest BCUT2D eigenvalue weighted by molar-refractivity contribution is 14.1. The van der Waals surface area contributed by atoms with E-state index in [-0.39, 0.29) is 19.3 Å². The second-order valence-electron chi connectivity index (χ2n) is 4.13. The van der Waals surface area contributed by atoms with E-state index in [0.717, 1.165) is 3.57 Å². The molecule has 0 bridgehead atoms. The van der Waals surface area contributed by atoms with Crippen molar-refractivity contribution in [3.8, 4) is 0 Å². The van der Waals surface area contributed by atoms with Crippen molar-refractivity contribution >= 4 is 40.4 Å². The van der Waals surface area contributed by atoms with Crippen molar-refractivity contribution in [1.82, 2.24) is 5.32 Å². The molecule has 0 unspecified atom stereocenters. The lowest BCUT2D eigenvalue weighted by Gasteiger charge is -2.14. The molecule has 1 aromatic rings. The number of amides is 1. The Morgan fingerprint density at radius 3 is 2.40 bits per heavy atom. The van der Waals surface area contributed by atoms with Crippen LogP contribution in [0.4, 0.5) is 0 Å². The van der Waals surface area contributed by atoms with Crippen molar-refractivity contribution < 1.29 is 24.6 Å². The predicted molar refractivity (Wildman–Crippen MR) is 79.5 cm³/mol. The second-order valence-corrected chi connectivity index (χ2v) is 5.29. The Morgan fingerprint density at radius 2 is 1.85 bits per heavy atom. The number of hydrogen-bond acceptors (Lipinski definition) is 3. The summed E-state index contributed by atoms with van der Waals surface area (Å²) in [5, 5.41) is 20.0. The van der Waals surface area contributed by atoms with Gasteiger partial charge in [0.15, 0.2) is 0 Å². The number of aliphatic carboxylic acids is 2. The molecule has 1 aromatic carbocycles. The molecule has 7 heteroatoms. The van der Waals surface area contributed by atoms with Crippen LogP contribution in [0.2, 0.25) is 0 Å².